The maximum atomic E-state index is 14.6. The van der Waals surface area contributed by atoms with Gasteiger partial charge in [0.2, 0.25) is 0 Å². The predicted octanol–water partition coefficient (Wildman–Crippen LogP) is 7.94. The summed E-state index contributed by atoms with van der Waals surface area (Å²) in [5.74, 6) is -0.800. The molecule has 0 spiro atoms. The number of hydrogen-bond donors (Lipinski definition) is 0. The second kappa shape index (κ2) is 13.7. The molecule has 4 rings (SSSR count). The molecule has 4 aromatic rings. The third-order valence-electron chi connectivity index (χ3n) is 5.21. The van der Waals surface area contributed by atoms with Gasteiger partial charge >= 0.3 is 0 Å². The second-order valence-corrected chi connectivity index (χ2v) is 8.60. The van der Waals surface area contributed by atoms with Crippen LogP contribution in [-0.2, 0) is 6.54 Å². The maximum Gasteiger partial charge on any atom is 0.251 e. The van der Waals surface area contributed by atoms with E-state index in [0.717, 1.165) is 16.1 Å². The highest BCUT2D eigenvalue weighted by Crippen LogP contribution is 2.30. The number of pyridine rings is 2. The van der Waals surface area contributed by atoms with E-state index in [1.165, 1.54) is 35.8 Å². The largest absolute Gasteiger partial charge is 0.303 e. The van der Waals surface area contributed by atoms with Gasteiger partial charge in [0, 0.05) is 39.6 Å². The van der Waals surface area contributed by atoms with Crippen LogP contribution in [0.15, 0.2) is 77.9 Å². The van der Waals surface area contributed by atoms with Crippen LogP contribution in [0.3, 0.4) is 0 Å². The molecule has 0 bridgehead atoms. The minimum absolute atomic E-state index is 0.123. The zero-order valence-corrected chi connectivity index (χ0v) is 22.5. The first-order chi connectivity index (χ1) is 17.2. The Balaban J connectivity index is 0.000000384. The van der Waals surface area contributed by atoms with Gasteiger partial charge in [-0.25, -0.2) is 4.39 Å². The van der Waals surface area contributed by atoms with Crippen molar-refractivity contribution < 1.29 is 9.18 Å². The van der Waals surface area contributed by atoms with E-state index >= 15 is 0 Å². The summed E-state index contributed by atoms with van der Waals surface area (Å²) in [6, 6.07) is 16.8. The van der Waals surface area contributed by atoms with Crippen molar-refractivity contribution in [1.82, 2.24) is 9.55 Å². The lowest BCUT2D eigenvalue weighted by atomic mass is 9.97. The minimum Gasteiger partial charge on any atom is -0.303 e. The molecule has 0 saturated heterocycles. The van der Waals surface area contributed by atoms with Crippen LogP contribution >= 0.6 is 23.2 Å². The monoisotopic (exact) mass is 526 g/mol. The number of aryl methyl sites for hydroxylation is 2. The van der Waals surface area contributed by atoms with E-state index in [0.29, 0.717) is 16.1 Å². The molecule has 7 heteroatoms. The molecular formula is C29H29Cl2FN2O2. The van der Waals surface area contributed by atoms with Crippen molar-refractivity contribution in [1.29, 1.82) is 0 Å². The van der Waals surface area contributed by atoms with Gasteiger partial charge in [0.1, 0.15) is 5.82 Å². The number of halogens is 3. The van der Waals surface area contributed by atoms with Crippen molar-refractivity contribution in [2.24, 2.45) is 0 Å². The molecule has 0 amide bonds. The molecule has 4 nitrogen and oxygen atoms in total. The Hall–Kier alpha value is -3.28. The van der Waals surface area contributed by atoms with Crippen LogP contribution in [0.1, 0.15) is 47.8 Å². The van der Waals surface area contributed by atoms with Crippen molar-refractivity contribution in [3.05, 3.63) is 122 Å². The number of hydrogen-bond acceptors (Lipinski definition) is 3. The molecule has 0 aliphatic rings. The quantitative estimate of drug-likeness (QED) is 0.253. The number of carbonyl (C=O) groups excluding carboxylic acids is 1. The summed E-state index contributed by atoms with van der Waals surface area (Å²) in [7, 11) is 0. The van der Waals surface area contributed by atoms with Crippen molar-refractivity contribution in [2.45, 2.75) is 41.2 Å². The van der Waals surface area contributed by atoms with Gasteiger partial charge in [0.05, 0.1) is 12.2 Å². The summed E-state index contributed by atoms with van der Waals surface area (Å²) >= 11 is 11.8. The molecule has 0 aliphatic carbocycles. The third-order valence-corrected chi connectivity index (χ3v) is 5.87. The topological polar surface area (TPSA) is 52.0 Å². The Bertz CT molecular complexity index is 1370. The molecule has 0 N–H and O–H groups in total. The molecule has 2 heterocycles. The van der Waals surface area contributed by atoms with E-state index in [1.54, 1.807) is 31.5 Å². The number of Topliss-reactive ketones (excluding diaryl/α,β-unsaturated/α-hetero) is 1. The summed E-state index contributed by atoms with van der Waals surface area (Å²) < 4.78 is 16.0. The summed E-state index contributed by atoms with van der Waals surface area (Å²) in [5.41, 5.74) is 2.79. The molecular weight excluding hydrogens is 498 g/mol. The summed E-state index contributed by atoms with van der Waals surface area (Å²) in [6.07, 6.45) is 3.22. The van der Waals surface area contributed by atoms with Crippen molar-refractivity contribution >= 4 is 29.0 Å². The van der Waals surface area contributed by atoms with Gasteiger partial charge in [-0.05, 0) is 73.9 Å². The molecule has 36 heavy (non-hydrogen) atoms. The maximum absolute atomic E-state index is 14.6. The van der Waals surface area contributed by atoms with Gasteiger partial charge in [-0.3, -0.25) is 14.6 Å². The summed E-state index contributed by atoms with van der Waals surface area (Å²) in [4.78, 5) is 28.9. The molecule has 2 aromatic carbocycles. The average Bonchev–Trinajstić information content (AvgIpc) is 2.86. The normalized spacial score (nSPS) is 10.0. The van der Waals surface area contributed by atoms with Crippen LogP contribution in [-0.4, -0.2) is 15.3 Å². The second-order valence-electron chi connectivity index (χ2n) is 7.76. The first-order valence-electron chi connectivity index (χ1n) is 11.5. The smallest absolute Gasteiger partial charge is 0.251 e. The minimum atomic E-state index is -0.551. The Labute approximate surface area is 221 Å². The van der Waals surface area contributed by atoms with Gasteiger partial charge in [-0.2, -0.15) is 0 Å². The van der Waals surface area contributed by atoms with E-state index in [4.69, 9.17) is 23.2 Å². The molecule has 0 atom stereocenters. The lowest BCUT2D eigenvalue weighted by Gasteiger charge is -2.19. The first kappa shape index (κ1) is 29.0. The highest BCUT2D eigenvalue weighted by molar-refractivity contribution is 6.31. The van der Waals surface area contributed by atoms with Crippen LogP contribution in [0.5, 0.6) is 0 Å². The summed E-state index contributed by atoms with van der Waals surface area (Å²) in [6.45, 7) is 9.24. The number of carbonyl (C=O) groups is 1. The Morgan fingerprint density at radius 1 is 0.944 bits per heavy atom. The molecule has 0 unspecified atom stereocenters. The number of nitrogens with zero attached hydrogens (tertiary/aromatic N) is 2. The molecule has 0 saturated carbocycles. The molecule has 2 aromatic heterocycles. The fourth-order valence-electron chi connectivity index (χ4n) is 3.55. The fourth-order valence-corrected chi connectivity index (χ4v) is 3.86. The van der Waals surface area contributed by atoms with Crippen LogP contribution in [0.2, 0.25) is 10.0 Å². The van der Waals surface area contributed by atoms with Gasteiger partial charge in [-0.15, -0.1) is 0 Å². The lowest BCUT2D eigenvalue weighted by molar-refractivity contribution is 0.101. The SMILES string of the molecule is CC.CC(=O)c1c(C)cc(=O)n(Cc2ccncc2)c1-c1cc(Cl)ccc1F.Cc1ccccc1Cl. The zero-order chi connectivity index (χ0) is 26.8. The fraction of sp³-hybridized carbons (Fsp3) is 0.207. The van der Waals surface area contributed by atoms with Crippen LogP contribution in [0.25, 0.3) is 11.3 Å². The third kappa shape index (κ3) is 7.36. The zero-order valence-electron chi connectivity index (χ0n) is 21.0. The van der Waals surface area contributed by atoms with E-state index in [9.17, 15) is 14.0 Å². The van der Waals surface area contributed by atoms with Crippen molar-refractivity contribution in [3.8, 4) is 11.3 Å². The van der Waals surface area contributed by atoms with Crippen LogP contribution in [0.4, 0.5) is 4.39 Å². The van der Waals surface area contributed by atoms with Crippen LogP contribution in [0, 0.1) is 19.7 Å². The summed E-state index contributed by atoms with van der Waals surface area (Å²) in [5, 5.41) is 1.16. The van der Waals surface area contributed by atoms with Gasteiger partial charge in [0.15, 0.2) is 5.78 Å². The highest BCUT2D eigenvalue weighted by atomic mass is 35.5. The Morgan fingerprint density at radius 3 is 2.14 bits per heavy atom. The van der Waals surface area contributed by atoms with Gasteiger partial charge in [-0.1, -0.05) is 55.2 Å². The Kier molecular flexibility index (Phi) is 11.0. The average molecular weight is 527 g/mol. The van der Waals surface area contributed by atoms with E-state index in [2.05, 4.69) is 4.98 Å². The molecule has 0 radical (unpaired) electrons. The van der Waals surface area contributed by atoms with E-state index < -0.39 is 5.82 Å². The molecule has 0 aliphatic heterocycles. The van der Waals surface area contributed by atoms with E-state index in [1.807, 2.05) is 45.0 Å². The molecule has 0 fully saturated rings. The number of ketones is 1. The molecule has 188 valence electrons. The van der Waals surface area contributed by atoms with Crippen molar-refractivity contribution in [2.75, 3.05) is 0 Å². The number of aromatic nitrogens is 2. The number of rotatable bonds is 4. The number of benzene rings is 2. The predicted molar refractivity (Wildman–Crippen MR) is 147 cm³/mol. The lowest BCUT2D eigenvalue weighted by Crippen LogP contribution is -2.25. The standard InChI is InChI=1S/C20H16ClFN2O2.C7H7Cl.C2H6/c1-12-9-18(26)24(11-14-5-7-23-8-6-14)20(19(12)13(2)25)16-10-15(21)3-4-17(16)22;1-6-4-2-3-5-7(6)8;1-2/h3-10H,11H2,1-2H3;2-5H,1H3;1-2H3. The first-order valence-corrected chi connectivity index (χ1v) is 12.3. The van der Waals surface area contributed by atoms with Crippen molar-refractivity contribution in [3.63, 3.8) is 0 Å². The van der Waals surface area contributed by atoms with Gasteiger partial charge in [0.25, 0.3) is 5.56 Å². The highest BCUT2D eigenvalue weighted by Gasteiger charge is 2.21. The Morgan fingerprint density at radius 2 is 1.58 bits per heavy atom. The van der Waals surface area contributed by atoms with E-state index in [-0.39, 0.29) is 29.1 Å². The van der Waals surface area contributed by atoms with Crippen LogP contribution < -0.4 is 5.56 Å². The van der Waals surface area contributed by atoms with Gasteiger partial charge < -0.3 is 4.57 Å².